The van der Waals surface area contributed by atoms with Gasteiger partial charge in [0.05, 0.1) is 9.85 Å². The van der Waals surface area contributed by atoms with Crippen molar-refractivity contribution in [1.29, 1.82) is 0 Å². The maximum Gasteiger partial charge on any atom is 0.295 e. The average Bonchev–Trinajstić information content (AvgIpc) is 2.38. The number of nitro benzene ring substituents is 2. The Hall–Kier alpha value is -2.18. The normalized spacial score (nSPS) is 10.7. The van der Waals surface area contributed by atoms with E-state index in [1.807, 2.05) is 13.8 Å². The van der Waals surface area contributed by atoms with Gasteiger partial charge in [-0.3, -0.25) is 20.2 Å². The first kappa shape index (κ1) is 15.9. The predicted octanol–water partition coefficient (Wildman–Crippen LogP) is 3.72. The van der Waals surface area contributed by atoms with Gasteiger partial charge in [0.25, 0.3) is 11.4 Å². The van der Waals surface area contributed by atoms with Crippen LogP contribution in [0.1, 0.15) is 37.8 Å². The molecule has 0 amide bonds. The zero-order valence-electron chi connectivity index (χ0n) is 12.1. The quantitative estimate of drug-likeness (QED) is 0.632. The van der Waals surface area contributed by atoms with Gasteiger partial charge in [-0.15, -0.1) is 0 Å². The summed E-state index contributed by atoms with van der Waals surface area (Å²) in [6.07, 6.45) is 1.57. The van der Waals surface area contributed by atoms with Gasteiger partial charge >= 0.3 is 0 Å². The minimum absolute atomic E-state index is 0.0513. The van der Waals surface area contributed by atoms with Crippen LogP contribution >= 0.6 is 0 Å². The molecule has 1 aromatic rings. The van der Waals surface area contributed by atoms with E-state index in [-0.39, 0.29) is 23.1 Å². The van der Waals surface area contributed by atoms with Crippen LogP contribution in [-0.2, 0) is 0 Å². The highest BCUT2D eigenvalue weighted by Gasteiger charge is 2.27. The lowest BCUT2D eigenvalue weighted by Crippen LogP contribution is -2.18. The first-order valence-corrected chi connectivity index (χ1v) is 6.52. The largest absolute Gasteiger partial charge is 0.377 e. The molecule has 0 aromatic heterocycles. The smallest absolute Gasteiger partial charge is 0.295 e. The lowest BCUT2D eigenvalue weighted by Gasteiger charge is -2.17. The number of nitro groups is 2. The molecule has 0 radical (unpaired) electrons. The second-order valence-corrected chi connectivity index (χ2v) is 4.71. The summed E-state index contributed by atoms with van der Waals surface area (Å²) in [6, 6.07) is 1.31. The highest BCUT2D eigenvalue weighted by Crippen LogP contribution is 2.37. The predicted molar refractivity (Wildman–Crippen MR) is 77.2 cm³/mol. The molecule has 7 nitrogen and oxygen atoms in total. The molecule has 0 saturated carbocycles. The standard InChI is InChI=1S/C13H19N3O4/c1-5-10(6-2)14-11-7-12(15(17)18)8(3)9(4)13(11)16(19)20/h7,10,14H,5-6H2,1-4H3. The van der Waals surface area contributed by atoms with Gasteiger partial charge < -0.3 is 5.32 Å². The second kappa shape index (κ2) is 6.31. The summed E-state index contributed by atoms with van der Waals surface area (Å²) in [7, 11) is 0. The molecule has 0 unspecified atom stereocenters. The van der Waals surface area contributed by atoms with Crippen molar-refractivity contribution in [3.63, 3.8) is 0 Å². The van der Waals surface area contributed by atoms with Crippen LogP contribution in [0.25, 0.3) is 0 Å². The van der Waals surface area contributed by atoms with Crippen LogP contribution in [0.15, 0.2) is 6.07 Å². The van der Waals surface area contributed by atoms with Gasteiger partial charge in [0.1, 0.15) is 5.69 Å². The maximum atomic E-state index is 11.2. The minimum Gasteiger partial charge on any atom is -0.377 e. The highest BCUT2D eigenvalue weighted by molar-refractivity contribution is 5.72. The van der Waals surface area contributed by atoms with Crippen molar-refractivity contribution in [3.05, 3.63) is 37.4 Å². The molecule has 0 fully saturated rings. The van der Waals surface area contributed by atoms with Crippen LogP contribution in [-0.4, -0.2) is 15.9 Å². The van der Waals surface area contributed by atoms with Crippen LogP contribution in [0.3, 0.4) is 0 Å². The average molecular weight is 281 g/mol. The molecule has 0 saturated heterocycles. The summed E-state index contributed by atoms with van der Waals surface area (Å²) in [4.78, 5) is 21.3. The molecule has 0 heterocycles. The van der Waals surface area contributed by atoms with Crippen molar-refractivity contribution in [1.82, 2.24) is 0 Å². The van der Waals surface area contributed by atoms with Gasteiger partial charge in [0.2, 0.25) is 0 Å². The number of nitrogens with one attached hydrogen (secondary N) is 1. The maximum absolute atomic E-state index is 11.2. The topological polar surface area (TPSA) is 98.3 Å². The van der Waals surface area contributed by atoms with Crippen LogP contribution in [0, 0.1) is 34.1 Å². The summed E-state index contributed by atoms with van der Waals surface area (Å²) >= 11 is 0. The fourth-order valence-corrected chi connectivity index (χ4v) is 2.13. The first-order chi connectivity index (χ1) is 9.33. The van der Waals surface area contributed by atoms with E-state index in [9.17, 15) is 20.2 Å². The summed E-state index contributed by atoms with van der Waals surface area (Å²) in [5.41, 5.74) is 0.703. The molecule has 1 aromatic carbocycles. The van der Waals surface area contributed by atoms with E-state index < -0.39 is 9.85 Å². The van der Waals surface area contributed by atoms with Crippen LogP contribution in [0.5, 0.6) is 0 Å². The number of hydrogen-bond donors (Lipinski definition) is 1. The van der Waals surface area contributed by atoms with E-state index in [1.165, 1.54) is 13.0 Å². The highest BCUT2D eigenvalue weighted by atomic mass is 16.6. The molecule has 0 aliphatic heterocycles. The Kier molecular flexibility index (Phi) is 5.01. The monoisotopic (exact) mass is 281 g/mol. The van der Waals surface area contributed by atoms with Crippen molar-refractivity contribution in [3.8, 4) is 0 Å². The third-order valence-electron chi connectivity index (χ3n) is 3.56. The lowest BCUT2D eigenvalue weighted by atomic mass is 10.0. The first-order valence-electron chi connectivity index (χ1n) is 6.52. The van der Waals surface area contributed by atoms with Crippen LogP contribution in [0.2, 0.25) is 0 Å². The van der Waals surface area contributed by atoms with E-state index >= 15 is 0 Å². The Balaban J connectivity index is 3.46. The Labute approximate surface area is 117 Å². The molecule has 110 valence electrons. The van der Waals surface area contributed by atoms with E-state index in [1.54, 1.807) is 6.92 Å². The minimum atomic E-state index is -0.510. The number of hydrogen-bond acceptors (Lipinski definition) is 5. The number of nitrogens with zero attached hydrogens (tertiary/aromatic N) is 2. The molecule has 1 N–H and O–H groups in total. The van der Waals surface area contributed by atoms with Crippen molar-refractivity contribution >= 4 is 17.1 Å². The summed E-state index contributed by atoms with van der Waals surface area (Å²) in [6.45, 7) is 6.99. The van der Waals surface area contributed by atoms with E-state index in [0.29, 0.717) is 11.1 Å². The van der Waals surface area contributed by atoms with Crippen LogP contribution in [0.4, 0.5) is 17.1 Å². The molecule has 0 bridgehead atoms. The number of benzene rings is 1. The molecule has 0 spiro atoms. The van der Waals surface area contributed by atoms with Gasteiger partial charge in [-0.25, -0.2) is 0 Å². The molecule has 0 aliphatic rings. The van der Waals surface area contributed by atoms with Crippen molar-refractivity contribution in [2.75, 3.05) is 5.32 Å². The third-order valence-corrected chi connectivity index (χ3v) is 3.56. The number of rotatable bonds is 6. The molecular weight excluding hydrogens is 262 g/mol. The Bertz CT molecular complexity index is 539. The van der Waals surface area contributed by atoms with E-state index in [0.717, 1.165) is 12.8 Å². The summed E-state index contributed by atoms with van der Waals surface area (Å²) in [5, 5.41) is 25.3. The summed E-state index contributed by atoms with van der Waals surface area (Å²) < 4.78 is 0. The summed E-state index contributed by atoms with van der Waals surface area (Å²) in [5.74, 6) is 0. The van der Waals surface area contributed by atoms with Gasteiger partial charge in [0, 0.05) is 23.2 Å². The van der Waals surface area contributed by atoms with Gasteiger partial charge in [-0.05, 0) is 26.7 Å². The Morgan fingerprint density at radius 1 is 1.10 bits per heavy atom. The molecule has 20 heavy (non-hydrogen) atoms. The van der Waals surface area contributed by atoms with Crippen molar-refractivity contribution < 1.29 is 9.85 Å². The third kappa shape index (κ3) is 3.04. The van der Waals surface area contributed by atoms with Gasteiger partial charge in [0.15, 0.2) is 0 Å². The van der Waals surface area contributed by atoms with Gasteiger partial charge in [-0.2, -0.15) is 0 Å². The Morgan fingerprint density at radius 3 is 2.05 bits per heavy atom. The molecule has 1 rings (SSSR count). The molecule has 7 heteroatoms. The second-order valence-electron chi connectivity index (χ2n) is 4.71. The SMILES string of the molecule is CCC(CC)Nc1cc([N+](=O)[O-])c(C)c(C)c1[N+](=O)[O-]. The van der Waals surface area contributed by atoms with Crippen LogP contribution < -0.4 is 5.32 Å². The lowest BCUT2D eigenvalue weighted by molar-refractivity contribution is -0.389. The molecular formula is C13H19N3O4. The van der Waals surface area contributed by atoms with Gasteiger partial charge in [-0.1, -0.05) is 13.8 Å². The Morgan fingerprint density at radius 2 is 1.65 bits per heavy atom. The fourth-order valence-electron chi connectivity index (χ4n) is 2.13. The zero-order chi connectivity index (χ0) is 15.4. The van der Waals surface area contributed by atoms with Crippen molar-refractivity contribution in [2.45, 2.75) is 46.6 Å². The zero-order valence-corrected chi connectivity index (χ0v) is 12.1. The fraction of sp³-hybridized carbons (Fsp3) is 0.538. The number of anilines is 1. The molecule has 0 atom stereocenters. The van der Waals surface area contributed by atoms with E-state index in [4.69, 9.17) is 0 Å². The van der Waals surface area contributed by atoms with Crippen molar-refractivity contribution in [2.24, 2.45) is 0 Å². The molecule has 0 aliphatic carbocycles. The van der Waals surface area contributed by atoms with E-state index in [2.05, 4.69) is 5.32 Å².